The summed E-state index contributed by atoms with van der Waals surface area (Å²) in [6.07, 6.45) is 3.01. The van der Waals surface area contributed by atoms with Gasteiger partial charge in [-0.2, -0.15) is 0 Å². The minimum atomic E-state index is -0.543. The highest BCUT2D eigenvalue weighted by atomic mass is 16.6. The summed E-state index contributed by atoms with van der Waals surface area (Å²) in [7, 11) is 1.70. The molecule has 0 spiro atoms. The molecule has 2 N–H and O–H groups in total. The van der Waals surface area contributed by atoms with Crippen LogP contribution in [0.25, 0.3) is 0 Å². The van der Waals surface area contributed by atoms with Gasteiger partial charge < -0.3 is 25.0 Å². The average Bonchev–Trinajstić information content (AvgIpc) is 2.95. The molecule has 2 atom stereocenters. The van der Waals surface area contributed by atoms with E-state index in [1.807, 2.05) is 6.07 Å². The minimum absolute atomic E-state index is 0.0662. The lowest BCUT2D eigenvalue weighted by atomic mass is 9.94. The van der Waals surface area contributed by atoms with Gasteiger partial charge in [-0.1, -0.05) is 6.07 Å². The lowest BCUT2D eigenvalue weighted by molar-refractivity contribution is -0.128. The first-order valence-electron chi connectivity index (χ1n) is 9.67. The predicted molar refractivity (Wildman–Crippen MR) is 106 cm³/mol. The van der Waals surface area contributed by atoms with E-state index >= 15 is 0 Å². The molecule has 0 unspecified atom stereocenters. The van der Waals surface area contributed by atoms with E-state index in [9.17, 15) is 14.4 Å². The number of likely N-dealkylation sites (tertiary alicyclic amines) is 1. The largest absolute Gasteiger partial charge is 0.444 e. The summed E-state index contributed by atoms with van der Waals surface area (Å²) in [4.78, 5) is 41.9. The second kappa shape index (κ2) is 10.2. The maximum Gasteiger partial charge on any atom is 0.407 e. The molecule has 3 amide bonds. The van der Waals surface area contributed by atoms with Crippen molar-refractivity contribution in [3.63, 3.8) is 0 Å². The number of nitrogens with one attached hydrogen (secondary N) is 2. The monoisotopic (exact) mass is 406 g/mol. The van der Waals surface area contributed by atoms with Crippen molar-refractivity contribution in [2.45, 2.75) is 38.8 Å². The van der Waals surface area contributed by atoms with Gasteiger partial charge in [0.2, 0.25) is 11.8 Å². The molecule has 0 aromatic carbocycles. The molecule has 1 aliphatic heterocycles. The van der Waals surface area contributed by atoms with Crippen molar-refractivity contribution in [3.8, 4) is 0 Å². The fraction of sp³-hybridized carbons (Fsp3) is 0.600. The molecule has 9 heteroatoms. The maximum atomic E-state index is 12.6. The highest BCUT2D eigenvalue weighted by molar-refractivity contribution is 5.90. The zero-order valence-electron chi connectivity index (χ0n) is 17.4. The molecular formula is C20H30N4O5. The number of aromatic nitrogens is 1. The quantitative estimate of drug-likeness (QED) is 0.629. The first kappa shape index (κ1) is 22.6. The van der Waals surface area contributed by atoms with Crippen LogP contribution in [0.2, 0.25) is 0 Å². The van der Waals surface area contributed by atoms with Gasteiger partial charge in [0.05, 0.1) is 25.2 Å². The molecule has 0 aliphatic carbocycles. The molecule has 29 heavy (non-hydrogen) atoms. The second-order valence-electron chi connectivity index (χ2n) is 7.88. The summed E-state index contributed by atoms with van der Waals surface area (Å²) >= 11 is 0. The summed E-state index contributed by atoms with van der Waals surface area (Å²) in [5.41, 5.74) is 0.295. The van der Waals surface area contributed by atoms with E-state index in [0.29, 0.717) is 26.3 Å². The van der Waals surface area contributed by atoms with E-state index < -0.39 is 17.6 Å². The Hall–Kier alpha value is -2.68. The van der Waals surface area contributed by atoms with Gasteiger partial charge in [-0.3, -0.25) is 14.6 Å². The number of amides is 3. The summed E-state index contributed by atoms with van der Waals surface area (Å²) in [6, 6.07) is 3.34. The molecular weight excluding hydrogens is 376 g/mol. The molecule has 0 radical (unpaired) electrons. The Morgan fingerprint density at radius 2 is 1.93 bits per heavy atom. The third kappa shape index (κ3) is 7.01. The first-order chi connectivity index (χ1) is 13.7. The van der Waals surface area contributed by atoms with E-state index in [-0.39, 0.29) is 24.3 Å². The van der Waals surface area contributed by atoms with E-state index in [2.05, 4.69) is 15.6 Å². The van der Waals surface area contributed by atoms with Gasteiger partial charge in [0.15, 0.2) is 0 Å². The van der Waals surface area contributed by atoms with E-state index in [1.165, 1.54) is 0 Å². The van der Waals surface area contributed by atoms with Crippen LogP contribution < -0.4 is 10.6 Å². The topological polar surface area (TPSA) is 110 Å². The fourth-order valence-electron chi connectivity index (χ4n) is 3.13. The van der Waals surface area contributed by atoms with Gasteiger partial charge in [0, 0.05) is 39.0 Å². The van der Waals surface area contributed by atoms with Gasteiger partial charge >= 0.3 is 6.09 Å². The Morgan fingerprint density at radius 1 is 1.24 bits per heavy atom. The van der Waals surface area contributed by atoms with Crippen LogP contribution in [0.4, 0.5) is 4.79 Å². The van der Waals surface area contributed by atoms with Crippen LogP contribution >= 0.6 is 0 Å². The van der Waals surface area contributed by atoms with E-state index in [0.717, 1.165) is 5.56 Å². The van der Waals surface area contributed by atoms with Gasteiger partial charge in [0.25, 0.3) is 0 Å². The van der Waals surface area contributed by atoms with Crippen molar-refractivity contribution >= 4 is 17.9 Å². The molecule has 2 heterocycles. The van der Waals surface area contributed by atoms with Crippen LogP contribution in [-0.2, 0) is 19.1 Å². The van der Waals surface area contributed by atoms with Gasteiger partial charge in [-0.25, -0.2) is 4.79 Å². The summed E-state index contributed by atoms with van der Waals surface area (Å²) in [5, 5.41) is 5.42. The highest BCUT2D eigenvalue weighted by Gasteiger charge is 2.42. The number of ether oxygens (including phenoxy) is 2. The van der Waals surface area contributed by atoms with Crippen molar-refractivity contribution in [2.75, 3.05) is 33.4 Å². The number of nitrogens with zero attached hydrogens (tertiary/aromatic N) is 2. The molecule has 0 saturated carbocycles. The average molecular weight is 406 g/mol. The Balaban J connectivity index is 1.70. The lowest BCUT2D eigenvalue weighted by Crippen LogP contribution is -2.37. The summed E-state index contributed by atoms with van der Waals surface area (Å²) < 4.78 is 10.5. The van der Waals surface area contributed by atoms with Crippen LogP contribution in [0.1, 0.15) is 38.8 Å². The Bertz CT molecular complexity index is 705. The predicted octanol–water partition coefficient (Wildman–Crippen LogP) is 1.26. The number of carbonyl (C=O) groups excluding carboxylic acids is 3. The van der Waals surface area contributed by atoms with E-state index in [4.69, 9.17) is 9.47 Å². The Morgan fingerprint density at radius 3 is 2.55 bits per heavy atom. The number of pyridine rings is 1. The molecule has 1 aromatic rings. The molecule has 0 bridgehead atoms. The molecule has 1 fully saturated rings. The molecule has 2 rings (SSSR count). The molecule has 1 aromatic heterocycles. The van der Waals surface area contributed by atoms with Crippen LogP contribution in [0.5, 0.6) is 0 Å². The Kier molecular flexibility index (Phi) is 7.95. The van der Waals surface area contributed by atoms with Gasteiger partial charge in [-0.05, 0) is 32.4 Å². The summed E-state index contributed by atoms with van der Waals surface area (Å²) in [5.74, 6) is -0.721. The number of alkyl carbamates (subject to hydrolysis) is 1. The molecule has 1 saturated heterocycles. The minimum Gasteiger partial charge on any atom is -0.444 e. The number of rotatable bonds is 8. The van der Waals surface area contributed by atoms with Crippen molar-refractivity contribution in [1.82, 2.24) is 20.5 Å². The smallest absolute Gasteiger partial charge is 0.407 e. The van der Waals surface area contributed by atoms with Crippen LogP contribution in [-0.4, -0.2) is 66.7 Å². The Labute approximate surface area is 171 Å². The SMILES string of the molecule is CN1C(=O)C[C@H](C(=O)NCCOCCNC(=O)OC(C)(C)C)[C@H]1c1cccnc1. The zero-order chi connectivity index (χ0) is 21.4. The third-order valence-corrected chi connectivity index (χ3v) is 4.41. The second-order valence-corrected chi connectivity index (χ2v) is 7.88. The normalized spacial score (nSPS) is 19.2. The van der Waals surface area contributed by atoms with Crippen molar-refractivity contribution in [2.24, 2.45) is 5.92 Å². The molecule has 1 aliphatic rings. The van der Waals surface area contributed by atoms with Gasteiger partial charge in [-0.15, -0.1) is 0 Å². The first-order valence-corrected chi connectivity index (χ1v) is 9.67. The van der Waals surface area contributed by atoms with E-state index in [1.54, 1.807) is 51.2 Å². The van der Waals surface area contributed by atoms with Crippen LogP contribution in [0, 0.1) is 5.92 Å². The number of carbonyl (C=O) groups is 3. The highest BCUT2D eigenvalue weighted by Crippen LogP contribution is 2.36. The fourth-order valence-corrected chi connectivity index (χ4v) is 3.13. The summed E-state index contributed by atoms with van der Waals surface area (Å²) in [6.45, 7) is 6.61. The lowest BCUT2D eigenvalue weighted by Gasteiger charge is -2.24. The number of hydrogen-bond donors (Lipinski definition) is 2. The van der Waals surface area contributed by atoms with Crippen LogP contribution in [0.15, 0.2) is 24.5 Å². The van der Waals surface area contributed by atoms with Crippen molar-refractivity contribution in [3.05, 3.63) is 30.1 Å². The molecule has 9 nitrogen and oxygen atoms in total. The van der Waals surface area contributed by atoms with Gasteiger partial charge in [0.1, 0.15) is 5.60 Å². The standard InChI is InChI=1S/C20H30N4O5/c1-20(2,3)29-19(27)23-9-11-28-10-8-22-18(26)15-12-16(25)24(4)17(15)14-6-5-7-21-13-14/h5-7,13,15,17H,8-12H2,1-4H3,(H,22,26)(H,23,27)/t15-,17+/m0/s1. The van der Waals surface area contributed by atoms with Crippen molar-refractivity contribution < 1.29 is 23.9 Å². The third-order valence-electron chi connectivity index (χ3n) is 4.41. The zero-order valence-corrected chi connectivity index (χ0v) is 17.4. The van der Waals surface area contributed by atoms with Crippen molar-refractivity contribution in [1.29, 1.82) is 0 Å². The maximum absolute atomic E-state index is 12.6. The molecule has 160 valence electrons. The van der Waals surface area contributed by atoms with Crippen LogP contribution in [0.3, 0.4) is 0 Å². The number of hydrogen-bond acceptors (Lipinski definition) is 6.